The second kappa shape index (κ2) is 8.25. The Bertz CT molecular complexity index is 637. The lowest BCUT2D eigenvalue weighted by Gasteiger charge is -2.30. The minimum atomic E-state index is -0.521. The molecule has 2 aromatic rings. The summed E-state index contributed by atoms with van der Waals surface area (Å²) in [5.74, 6) is -0.320. The van der Waals surface area contributed by atoms with Crippen molar-refractivity contribution in [3.8, 4) is 0 Å². The maximum Gasteiger partial charge on any atom is 0.325 e. The van der Waals surface area contributed by atoms with E-state index in [9.17, 15) is 4.79 Å². The van der Waals surface area contributed by atoms with Gasteiger partial charge in [-0.25, -0.2) is 0 Å². The third-order valence-corrected chi connectivity index (χ3v) is 4.27. The number of methoxy groups -OCH3 is 1. The van der Waals surface area contributed by atoms with Crippen LogP contribution in [-0.4, -0.2) is 37.1 Å². The summed E-state index contributed by atoms with van der Waals surface area (Å²) >= 11 is 0. The Kier molecular flexibility index (Phi) is 5.81. The van der Waals surface area contributed by atoms with Gasteiger partial charge in [0.25, 0.3) is 0 Å². The summed E-state index contributed by atoms with van der Waals surface area (Å²) in [6.07, 6.45) is -0.0135. The molecule has 25 heavy (non-hydrogen) atoms. The molecule has 0 bridgehead atoms. The van der Waals surface area contributed by atoms with Gasteiger partial charge in [0.05, 0.1) is 13.2 Å². The summed E-state index contributed by atoms with van der Waals surface area (Å²) in [6, 6.07) is 19.2. The van der Waals surface area contributed by atoms with E-state index in [4.69, 9.17) is 14.3 Å². The fraction of sp³-hybridized carbons (Fsp3) is 0.350. The molecule has 1 saturated heterocycles. The lowest BCUT2D eigenvalue weighted by atomic mass is 9.97. The van der Waals surface area contributed by atoms with Crippen molar-refractivity contribution in [1.82, 2.24) is 5.06 Å². The molecule has 0 saturated carbocycles. The first-order valence-corrected chi connectivity index (χ1v) is 8.49. The minimum absolute atomic E-state index is 0.225. The highest BCUT2D eigenvalue weighted by Crippen LogP contribution is 2.36. The fourth-order valence-electron chi connectivity index (χ4n) is 3.16. The van der Waals surface area contributed by atoms with Gasteiger partial charge in [-0.15, -0.1) is 0 Å². The molecule has 132 valence electrons. The average Bonchev–Trinajstić information content (AvgIpc) is 3.07. The molecular weight excluding hydrogens is 318 g/mol. The average molecular weight is 341 g/mol. The van der Waals surface area contributed by atoms with Crippen molar-refractivity contribution < 1.29 is 19.1 Å². The van der Waals surface area contributed by atoms with Gasteiger partial charge in [-0.05, 0) is 18.1 Å². The molecule has 2 atom stereocenters. The normalized spacial score (nSPS) is 20.8. The van der Waals surface area contributed by atoms with E-state index in [1.807, 2.05) is 67.6 Å². The number of carbonyl (C=O) groups is 1. The van der Waals surface area contributed by atoms with Gasteiger partial charge in [0, 0.05) is 13.0 Å². The predicted molar refractivity (Wildman–Crippen MR) is 93.5 cm³/mol. The van der Waals surface area contributed by atoms with Gasteiger partial charge >= 0.3 is 5.97 Å². The van der Waals surface area contributed by atoms with E-state index in [2.05, 4.69) is 0 Å². The Hall–Kier alpha value is -2.21. The molecule has 5 nitrogen and oxygen atoms in total. The Balaban J connectivity index is 2.00. The Morgan fingerprint density at radius 2 is 1.68 bits per heavy atom. The minimum Gasteiger partial charge on any atom is -0.468 e. The summed E-state index contributed by atoms with van der Waals surface area (Å²) in [5.41, 5.74) is 2.08. The van der Waals surface area contributed by atoms with Gasteiger partial charge in [-0.2, -0.15) is 5.06 Å². The molecule has 0 aliphatic carbocycles. The highest BCUT2D eigenvalue weighted by atomic mass is 16.8. The van der Waals surface area contributed by atoms with Gasteiger partial charge < -0.3 is 9.47 Å². The highest BCUT2D eigenvalue weighted by Gasteiger charge is 2.44. The lowest BCUT2D eigenvalue weighted by molar-refractivity contribution is -0.251. The fourth-order valence-corrected chi connectivity index (χ4v) is 3.16. The highest BCUT2D eigenvalue weighted by molar-refractivity contribution is 5.76. The van der Waals surface area contributed by atoms with Gasteiger partial charge in [0.2, 0.25) is 0 Å². The van der Waals surface area contributed by atoms with E-state index in [1.54, 1.807) is 5.06 Å². The second-order valence-corrected chi connectivity index (χ2v) is 5.85. The molecule has 0 unspecified atom stereocenters. The summed E-state index contributed by atoms with van der Waals surface area (Å²) in [6.45, 7) is 2.43. The molecule has 3 rings (SSSR count). The topological polar surface area (TPSA) is 48.0 Å². The SMILES string of the molecule is CCO[C@@H]1C[C@H](C(=O)OC)N(C(c2ccccc2)c2ccccc2)O1. The van der Waals surface area contributed by atoms with Crippen LogP contribution in [0.2, 0.25) is 0 Å². The molecule has 1 heterocycles. The first-order valence-electron chi connectivity index (χ1n) is 8.49. The van der Waals surface area contributed by atoms with Crippen LogP contribution in [0.1, 0.15) is 30.5 Å². The quantitative estimate of drug-likeness (QED) is 0.755. The van der Waals surface area contributed by atoms with Crippen LogP contribution >= 0.6 is 0 Å². The number of ether oxygens (including phenoxy) is 2. The maximum absolute atomic E-state index is 12.3. The lowest BCUT2D eigenvalue weighted by Crippen LogP contribution is -2.39. The predicted octanol–water partition coefficient (Wildman–Crippen LogP) is 3.32. The molecule has 0 spiro atoms. The molecule has 0 amide bonds. The number of hydrogen-bond acceptors (Lipinski definition) is 5. The zero-order valence-electron chi connectivity index (χ0n) is 14.5. The standard InChI is InChI=1S/C20H23NO4/c1-3-24-18-14-17(20(22)23-2)21(25-18)19(15-10-6-4-7-11-15)16-12-8-5-9-13-16/h4-13,17-19H,3,14H2,1-2H3/t17-,18+/m1/s1. The molecule has 1 fully saturated rings. The van der Waals surface area contributed by atoms with Crippen LogP contribution in [0.15, 0.2) is 60.7 Å². The van der Waals surface area contributed by atoms with Crippen LogP contribution in [0.5, 0.6) is 0 Å². The van der Waals surface area contributed by atoms with E-state index in [1.165, 1.54) is 7.11 Å². The molecule has 0 N–H and O–H groups in total. The third kappa shape index (κ3) is 3.90. The van der Waals surface area contributed by atoms with Crippen molar-refractivity contribution in [2.24, 2.45) is 0 Å². The van der Waals surface area contributed by atoms with Crippen molar-refractivity contribution >= 4 is 5.97 Å². The van der Waals surface area contributed by atoms with Crippen molar-refractivity contribution in [3.05, 3.63) is 71.8 Å². The van der Waals surface area contributed by atoms with Gasteiger partial charge in [-0.3, -0.25) is 9.63 Å². The van der Waals surface area contributed by atoms with E-state index in [0.717, 1.165) is 11.1 Å². The van der Waals surface area contributed by atoms with Crippen molar-refractivity contribution in [3.63, 3.8) is 0 Å². The number of esters is 1. The van der Waals surface area contributed by atoms with Gasteiger partial charge in [-0.1, -0.05) is 60.7 Å². The molecular formula is C20H23NO4. The molecule has 5 heteroatoms. The van der Waals surface area contributed by atoms with Crippen LogP contribution in [-0.2, 0) is 19.1 Å². The monoisotopic (exact) mass is 341 g/mol. The van der Waals surface area contributed by atoms with Gasteiger partial charge in [0.15, 0.2) is 6.29 Å². The summed E-state index contributed by atoms with van der Waals surface area (Å²) in [4.78, 5) is 18.4. The second-order valence-electron chi connectivity index (χ2n) is 5.85. The Morgan fingerprint density at radius 3 is 2.16 bits per heavy atom. The van der Waals surface area contributed by atoms with E-state index in [0.29, 0.717) is 13.0 Å². The number of nitrogens with zero attached hydrogens (tertiary/aromatic N) is 1. The van der Waals surface area contributed by atoms with Crippen LogP contribution < -0.4 is 0 Å². The molecule has 0 aromatic heterocycles. The summed E-state index contributed by atoms with van der Waals surface area (Å²) in [7, 11) is 1.40. The van der Waals surface area contributed by atoms with Crippen LogP contribution in [0.25, 0.3) is 0 Å². The number of rotatable bonds is 6. The number of carbonyl (C=O) groups excluding carboxylic acids is 1. The first kappa shape index (κ1) is 17.6. The number of hydroxylamine groups is 2. The van der Waals surface area contributed by atoms with Crippen LogP contribution in [0.3, 0.4) is 0 Å². The Labute approximate surface area is 148 Å². The largest absolute Gasteiger partial charge is 0.468 e. The molecule has 2 aromatic carbocycles. The Morgan fingerprint density at radius 1 is 1.12 bits per heavy atom. The number of benzene rings is 2. The van der Waals surface area contributed by atoms with Crippen molar-refractivity contribution in [2.75, 3.05) is 13.7 Å². The van der Waals surface area contributed by atoms with Crippen LogP contribution in [0, 0.1) is 0 Å². The number of hydrogen-bond donors (Lipinski definition) is 0. The van der Waals surface area contributed by atoms with E-state index in [-0.39, 0.29) is 12.0 Å². The van der Waals surface area contributed by atoms with E-state index < -0.39 is 12.3 Å². The van der Waals surface area contributed by atoms with E-state index >= 15 is 0 Å². The molecule has 1 aliphatic rings. The summed E-state index contributed by atoms with van der Waals surface area (Å²) < 4.78 is 10.6. The summed E-state index contributed by atoms with van der Waals surface area (Å²) in [5, 5.41) is 1.72. The van der Waals surface area contributed by atoms with Gasteiger partial charge in [0.1, 0.15) is 6.04 Å². The third-order valence-electron chi connectivity index (χ3n) is 4.27. The van der Waals surface area contributed by atoms with Crippen molar-refractivity contribution in [2.45, 2.75) is 31.7 Å². The maximum atomic E-state index is 12.3. The smallest absolute Gasteiger partial charge is 0.325 e. The molecule has 1 aliphatic heterocycles. The molecule has 0 radical (unpaired) electrons. The zero-order valence-corrected chi connectivity index (χ0v) is 14.5. The first-order chi connectivity index (χ1) is 12.2. The van der Waals surface area contributed by atoms with Crippen LogP contribution in [0.4, 0.5) is 0 Å². The van der Waals surface area contributed by atoms with Crippen molar-refractivity contribution in [1.29, 1.82) is 0 Å². The zero-order chi connectivity index (χ0) is 17.6.